The molecule has 1 heterocycles. The van der Waals surface area contributed by atoms with Gasteiger partial charge in [-0.05, 0) is 12.1 Å². The van der Waals surface area contributed by atoms with E-state index in [9.17, 15) is 10.0 Å². The van der Waals surface area contributed by atoms with E-state index in [1.54, 1.807) is 19.1 Å². The molecule has 0 bridgehead atoms. The van der Waals surface area contributed by atoms with Gasteiger partial charge in [-0.3, -0.25) is 0 Å². The van der Waals surface area contributed by atoms with Crippen LogP contribution in [0.15, 0.2) is 24.4 Å². The normalized spacial score (nSPS) is 10.5. The number of carboxylic acid groups (broad SMARTS) is 1. The molecular formula is C9H9NO3. The number of aromatic nitrogens is 1. The number of aryl methyl sites for hydroxylation is 1. The minimum Gasteiger partial charge on any atom is -0.618 e. The van der Waals surface area contributed by atoms with Crippen molar-refractivity contribution in [1.29, 1.82) is 0 Å². The summed E-state index contributed by atoms with van der Waals surface area (Å²) in [4.78, 5) is 10.2. The van der Waals surface area contributed by atoms with Crippen LogP contribution in [0.1, 0.15) is 11.3 Å². The molecule has 0 aromatic carbocycles. The van der Waals surface area contributed by atoms with Crippen molar-refractivity contribution >= 4 is 12.0 Å². The first-order valence-electron chi connectivity index (χ1n) is 3.70. The Bertz CT molecular complexity index is 358. The largest absolute Gasteiger partial charge is 0.618 e. The van der Waals surface area contributed by atoms with Crippen LogP contribution < -0.4 is 4.73 Å². The van der Waals surface area contributed by atoms with Crippen LogP contribution in [0.3, 0.4) is 0 Å². The number of pyridine rings is 1. The summed E-state index contributed by atoms with van der Waals surface area (Å²) in [7, 11) is 0. The second-order valence-electron chi connectivity index (χ2n) is 2.60. The van der Waals surface area contributed by atoms with Gasteiger partial charge in [-0.25, -0.2) is 4.79 Å². The van der Waals surface area contributed by atoms with E-state index in [-0.39, 0.29) is 0 Å². The predicted molar refractivity (Wildman–Crippen MR) is 46.8 cm³/mol. The molecule has 68 valence electrons. The number of carbonyl (C=O) groups is 1. The molecule has 0 unspecified atom stereocenters. The monoisotopic (exact) mass is 179 g/mol. The second kappa shape index (κ2) is 3.71. The maximum absolute atomic E-state index is 11.0. The fraction of sp³-hybridized carbons (Fsp3) is 0.111. The highest BCUT2D eigenvalue weighted by molar-refractivity contribution is 5.85. The van der Waals surface area contributed by atoms with Crippen LogP contribution in [-0.4, -0.2) is 11.1 Å². The first-order chi connectivity index (χ1) is 6.09. The fourth-order valence-electron chi connectivity index (χ4n) is 0.837. The minimum atomic E-state index is -1.03. The fourth-order valence-corrected chi connectivity index (χ4v) is 0.837. The number of hydrogen-bond donors (Lipinski definition) is 1. The van der Waals surface area contributed by atoms with Crippen molar-refractivity contribution in [1.82, 2.24) is 0 Å². The highest BCUT2D eigenvalue weighted by Gasteiger charge is 1.98. The summed E-state index contributed by atoms with van der Waals surface area (Å²) in [5.74, 6) is -1.03. The van der Waals surface area contributed by atoms with Gasteiger partial charge in [-0.1, -0.05) is 0 Å². The zero-order valence-electron chi connectivity index (χ0n) is 7.10. The third-order valence-corrected chi connectivity index (χ3v) is 1.55. The van der Waals surface area contributed by atoms with Crippen molar-refractivity contribution < 1.29 is 14.6 Å². The third-order valence-electron chi connectivity index (χ3n) is 1.55. The summed E-state index contributed by atoms with van der Waals surface area (Å²) in [6.07, 6.45) is 3.69. The smallest absolute Gasteiger partial charge is 0.328 e. The van der Waals surface area contributed by atoms with Gasteiger partial charge in [-0.15, -0.1) is 0 Å². The van der Waals surface area contributed by atoms with Gasteiger partial charge < -0.3 is 10.3 Å². The van der Waals surface area contributed by atoms with Crippen molar-refractivity contribution in [3.05, 3.63) is 40.9 Å². The van der Waals surface area contributed by atoms with Crippen LogP contribution in [0, 0.1) is 12.1 Å². The van der Waals surface area contributed by atoms with Crippen LogP contribution in [0.5, 0.6) is 0 Å². The molecule has 1 N–H and O–H groups in total. The van der Waals surface area contributed by atoms with E-state index in [0.717, 1.165) is 6.08 Å². The Morgan fingerprint density at radius 2 is 2.31 bits per heavy atom. The maximum Gasteiger partial charge on any atom is 0.328 e. The molecule has 13 heavy (non-hydrogen) atoms. The molecule has 1 aromatic rings. The van der Waals surface area contributed by atoms with Crippen molar-refractivity contribution in [2.45, 2.75) is 6.92 Å². The molecule has 0 saturated carbocycles. The highest BCUT2D eigenvalue weighted by atomic mass is 16.5. The van der Waals surface area contributed by atoms with Gasteiger partial charge in [0.25, 0.3) is 0 Å². The standard InChI is InChI=1S/C9H9NO3/c1-7-2-3-8(6-10(7)13)4-5-9(11)12/h2-6H,1H3,(H,11,12)/b5-4+. The Morgan fingerprint density at radius 1 is 1.62 bits per heavy atom. The Morgan fingerprint density at radius 3 is 2.85 bits per heavy atom. The van der Waals surface area contributed by atoms with Gasteiger partial charge >= 0.3 is 5.97 Å². The molecule has 1 aromatic heterocycles. The van der Waals surface area contributed by atoms with Crippen LogP contribution in [-0.2, 0) is 4.79 Å². The molecule has 0 aliphatic carbocycles. The van der Waals surface area contributed by atoms with Crippen molar-refractivity contribution in [2.24, 2.45) is 0 Å². The lowest BCUT2D eigenvalue weighted by atomic mass is 10.2. The van der Waals surface area contributed by atoms with Crippen LogP contribution in [0.2, 0.25) is 0 Å². The molecule has 0 radical (unpaired) electrons. The average Bonchev–Trinajstić information content (AvgIpc) is 2.07. The van der Waals surface area contributed by atoms with Crippen molar-refractivity contribution in [3.63, 3.8) is 0 Å². The zero-order valence-corrected chi connectivity index (χ0v) is 7.10. The molecule has 0 aliphatic rings. The molecule has 4 heteroatoms. The Kier molecular flexibility index (Phi) is 2.64. The molecule has 0 atom stereocenters. The highest BCUT2D eigenvalue weighted by Crippen LogP contribution is 1.99. The van der Waals surface area contributed by atoms with Crippen LogP contribution in [0.25, 0.3) is 6.08 Å². The van der Waals surface area contributed by atoms with Gasteiger partial charge in [0.15, 0.2) is 11.9 Å². The van der Waals surface area contributed by atoms with E-state index >= 15 is 0 Å². The number of rotatable bonds is 2. The molecule has 4 nitrogen and oxygen atoms in total. The maximum atomic E-state index is 11.0. The van der Waals surface area contributed by atoms with E-state index in [0.29, 0.717) is 16.0 Å². The zero-order chi connectivity index (χ0) is 9.84. The average molecular weight is 179 g/mol. The van der Waals surface area contributed by atoms with Gasteiger partial charge in [-0.2, -0.15) is 4.73 Å². The molecular weight excluding hydrogens is 170 g/mol. The quantitative estimate of drug-likeness (QED) is 0.413. The Balaban J connectivity index is 2.92. The van der Waals surface area contributed by atoms with Gasteiger partial charge in [0.2, 0.25) is 0 Å². The number of nitrogens with zero attached hydrogens (tertiary/aromatic N) is 1. The number of hydrogen-bond acceptors (Lipinski definition) is 2. The van der Waals surface area contributed by atoms with E-state index in [1.165, 1.54) is 12.3 Å². The minimum absolute atomic E-state index is 0.572. The van der Waals surface area contributed by atoms with Crippen molar-refractivity contribution in [2.75, 3.05) is 0 Å². The van der Waals surface area contributed by atoms with E-state index < -0.39 is 5.97 Å². The van der Waals surface area contributed by atoms with Gasteiger partial charge in [0.1, 0.15) is 0 Å². The lowest BCUT2D eigenvalue weighted by Crippen LogP contribution is -2.29. The molecule has 1 rings (SSSR count). The first-order valence-corrected chi connectivity index (χ1v) is 3.70. The Hall–Kier alpha value is -1.84. The van der Waals surface area contributed by atoms with Crippen molar-refractivity contribution in [3.8, 4) is 0 Å². The summed E-state index contributed by atoms with van der Waals surface area (Å²) in [5.41, 5.74) is 1.15. The summed E-state index contributed by atoms with van der Waals surface area (Å²) in [6.45, 7) is 1.68. The number of carboxylic acids is 1. The second-order valence-corrected chi connectivity index (χ2v) is 2.60. The van der Waals surface area contributed by atoms with Crippen LogP contribution in [0.4, 0.5) is 0 Å². The third kappa shape index (κ3) is 2.59. The topological polar surface area (TPSA) is 64.2 Å². The summed E-state index contributed by atoms with van der Waals surface area (Å²) < 4.78 is 0.696. The van der Waals surface area contributed by atoms with Crippen LogP contribution >= 0.6 is 0 Å². The molecule has 0 spiro atoms. The summed E-state index contributed by atoms with van der Waals surface area (Å²) >= 11 is 0. The summed E-state index contributed by atoms with van der Waals surface area (Å²) in [5, 5.41) is 19.3. The lowest BCUT2D eigenvalue weighted by molar-refractivity contribution is -0.612. The number of aliphatic carboxylic acids is 1. The van der Waals surface area contributed by atoms with E-state index in [1.807, 2.05) is 0 Å². The molecule has 0 amide bonds. The van der Waals surface area contributed by atoms with Gasteiger partial charge in [0, 0.05) is 24.6 Å². The summed E-state index contributed by atoms with van der Waals surface area (Å²) in [6, 6.07) is 3.32. The Labute approximate surface area is 75.3 Å². The predicted octanol–water partition coefficient (Wildman–Crippen LogP) is 0.726. The van der Waals surface area contributed by atoms with E-state index in [2.05, 4.69) is 0 Å². The molecule has 0 aliphatic heterocycles. The van der Waals surface area contributed by atoms with Gasteiger partial charge in [0.05, 0.1) is 0 Å². The lowest BCUT2D eigenvalue weighted by Gasteiger charge is -1.99. The molecule has 0 fully saturated rings. The first kappa shape index (κ1) is 9.25. The SMILES string of the molecule is Cc1ccc(/C=C/C(=O)O)c[n+]1[O-]. The van der Waals surface area contributed by atoms with E-state index in [4.69, 9.17) is 5.11 Å². The molecule has 0 saturated heterocycles.